The summed E-state index contributed by atoms with van der Waals surface area (Å²) in [5.74, 6) is -1.74. The lowest BCUT2D eigenvalue weighted by atomic mass is 10.0. The van der Waals surface area contributed by atoms with Gasteiger partial charge < -0.3 is 5.11 Å². The third-order valence-corrected chi connectivity index (χ3v) is 5.89. The number of rotatable bonds is 4. The van der Waals surface area contributed by atoms with Crippen LogP contribution in [-0.2, 0) is 9.59 Å². The van der Waals surface area contributed by atoms with E-state index in [-0.39, 0.29) is 16.8 Å². The Labute approximate surface area is 204 Å². The topological polar surface area (TPSA) is 82.1 Å². The molecule has 0 saturated heterocycles. The van der Waals surface area contributed by atoms with Crippen molar-refractivity contribution in [2.24, 2.45) is 0 Å². The van der Waals surface area contributed by atoms with E-state index < -0.39 is 17.7 Å². The minimum absolute atomic E-state index is 0.0306. The fraction of sp³-hybridized carbons (Fsp3) is 0.0400. The van der Waals surface area contributed by atoms with Gasteiger partial charge in [-0.25, -0.2) is 9.58 Å². The molecule has 0 atom stereocenters. The number of hydrogen-bond acceptors (Lipinski definition) is 4. The largest absolute Gasteiger partial charge is 0.858 e. The Morgan fingerprint density at radius 3 is 2.12 bits per heavy atom. The predicted molar refractivity (Wildman–Crippen MR) is 126 cm³/mol. The third kappa shape index (κ3) is 3.55. The average molecular weight is 491 g/mol. The van der Waals surface area contributed by atoms with Gasteiger partial charge in [0.1, 0.15) is 5.57 Å². The number of imide groups is 1. The lowest BCUT2D eigenvalue weighted by Crippen LogP contribution is -2.39. The van der Waals surface area contributed by atoms with Crippen molar-refractivity contribution in [3.8, 4) is 11.6 Å². The van der Waals surface area contributed by atoms with Crippen molar-refractivity contribution in [1.82, 2.24) is 9.78 Å². The van der Waals surface area contributed by atoms with E-state index in [1.807, 2.05) is 0 Å². The van der Waals surface area contributed by atoms with Gasteiger partial charge in [-0.2, -0.15) is 9.67 Å². The van der Waals surface area contributed by atoms with Gasteiger partial charge in [-0.1, -0.05) is 41.4 Å². The van der Waals surface area contributed by atoms with E-state index in [1.165, 1.54) is 15.3 Å². The van der Waals surface area contributed by atoms with Crippen LogP contribution in [0.15, 0.2) is 79.1 Å². The molecule has 2 aromatic carbocycles. The molecule has 9 heteroatoms. The zero-order valence-electron chi connectivity index (χ0n) is 17.8. The number of pyridine rings is 1. The molecule has 4 aromatic rings. The summed E-state index contributed by atoms with van der Waals surface area (Å²) in [4.78, 5) is 28.3. The minimum Gasteiger partial charge on any atom is -0.858 e. The van der Waals surface area contributed by atoms with E-state index in [1.54, 1.807) is 80.0 Å². The maximum atomic E-state index is 13.7. The van der Waals surface area contributed by atoms with E-state index in [9.17, 15) is 14.7 Å². The van der Waals surface area contributed by atoms with Crippen molar-refractivity contribution in [2.75, 3.05) is 4.90 Å². The van der Waals surface area contributed by atoms with Crippen molar-refractivity contribution in [3.63, 3.8) is 0 Å². The second-order valence-corrected chi connectivity index (χ2v) is 8.46. The molecular formula is C25H16Cl2N4O3. The van der Waals surface area contributed by atoms with Crippen LogP contribution < -0.4 is 14.6 Å². The van der Waals surface area contributed by atoms with Gasteiger partial charge in [0.25, 0.3) is 11.6 Å². The Morgan fingerprint density at radius 1 is 0.853 bits per heavy atom. The van der Waals surface area contributed by atoms with Crippen molar-refractivity contribution < 1.29 is 19.3 Å². The monoisotopic (exact) mass is 490 g/mol. The van der Waals surface area contributed by atoms with E-state index in [0.29, 0.717) is 27.1 Å². The molecule has 0 aliphatic carbocycles. The summed E-state index contributed by atoms with van der Waals surface area (Å²) in [5, 5.41) is 18.7. The van der Waals surface area contributed by atoms with Gasteiger partial charge in [0.05, 0.1) is 17.1 Å². The summed E-state index contributed by atoms with van der Waals surface area (Å²) in [7, 11) is 0. The number of aryl methyl sites for hydroxylation is 1. The highest BCUT2D eigenvalue weighted by molar-refractivity contribution is 6.53. The number of amides is 2. The highest BCUT2D eigenvalue weighted by Crippen LogP contribution is 2.38. The van der Waals surface area contributed by atoms with Crippen LogP contribution in [0.1, 0.15) is 11.3 Å². The number of carbonyl (C=O) groups is 2. The zero-order valence-corrected chi connectivity index (χ0v) is 19.3. The molecule has 0 saturated carbocycles. The predicted octanol–water partition coefficient (Wildman–Crippen LogP) is 3.79. The van der Waals surface area contributed by atoms with Crippen LogP contribution in [0.25, 0.3) is 17.0 Å². The van der Waals surface area contributed by atoms with Crippen LogP contribution in [0.2, 0.25) is 10.0 Å². The highest BCUT2D eigenvalue weighted by Gasteiger charge is 2.47. The summed E-state index contributed by atoms with van der Waals surface area (Å²) in [6.07, 6.45) is 3.28. The number of carbonyl (C=O) groups excluding carboxylic acids is 2. The Balaban J connectivity index is 1.74. The molecule has 0 fully saturated rings. The normalized spacial score (nSPS) is 13.8. The number of benzene rings is 2. The Kier molecular flexibility index (Phi) is 5.43. The summed E-state index contributed by atoms with van der Waals surface area (Å²) in [6.45, 7) is 1.62. The van der Waals surface area contributed by atoms with Crippen LogP contribution in [-0.4, -0.2) is 21.6 Å². The second-order valence-electron chi connectivity index (χ2n) is 7.59. The first-order valence-electron chi connectivity index (χ1n) is 10.2. The molecule has 1 aliphatic rings. The zero-order chi connectivity index (χ0) is 24.0. The van der Waals surface area contributed by atoms with Gasteiger partial charge in [-0.3, -0.25) is 9.59 Å². The van der Waals surface area contributed by atoms with Gasteiger partial charge in [0, 0.05) is 27.7 Å². The quantitative estimate of drug-likeness (QED) is 0.321. The minimum atomic E-state index is -0.635. The van der Waals surface area contributed by atoms with Gasteiger partial charge in [0.15, 0.2) is 12.4 Å². The fourth-order valence-corrected chi connectivity index (χ4v) is 4.33. The van der Waals surface area contributed by atoms with E-state index in [0.717, 1.165) is 4.90 Å². The number of aromatic nitrogens is 3. The van der Waals surface area contributed by atoms with Crippen molar-refractivity contribution in [1.29, 1.82) is 0 Å². The van der Waals surface area contributed by atoms with Gasteiger partial charge >= 0.3 is 5.91 Å². The molecule has 0 unspecified atom stereocenters. The number of hydrogen-bond donors (Lipinski definition) is 0. The fourth-order valence-electron chi connectivity index (χ4n) is 3.96. The number of nitrogens with zero attached hydrogens (tertiary/aromatic N) is 4. The van der Waals surface area contributed by atoms with Crippen LogP contribution >= 0.6 is 23.2 Å². The van der Waals surface area contributed by atoms with E-state index in [2.05, 4.69) is 5.10 Å². The first kappa shape index (κ1) is 21.9. The molecular weight excluding hydrogens is 475 g/mol. The third-order valence-electron chi connectivity index (χ3n) is 5.42. The first-order valence-corrected chi connectivity index (χ1v) is 11.0. The SMILES string of the molecule is Cc1nn(-c2cccc(Cl)c2)c([O-])c1C1=C([n+]2ccccc2)C(=O)N(c2cccc(Cl)c2)C1=O. The molecule has 0 bridgehead atoms. The molecule has 5 rings (SSSR count). The highest BCUT2D eigenvalue weighted by atomic mass is 35.5. The lowest BCUT2D eigenvalue weighted by Gasteiger charge is -2.15. The molecule has 0 spiro atoms. The van der Waals surface area contributed by atoms with Gasteiger partial charge in [0.2, 0.25) is 0 Å². The Hall–Kier alpha value is -3.94. The summed E-state index contributed by atoms with van der Waals surface area (Å²) >= 11 is 12.2. The van der Waals surface area contributed by atoms with Crippen molar-refractivity contribution >= 4 is 52.0 Å². The van der Waals surface area contributed by atoms with Crippen molar-refractivity contribution in [2.45, 2.75) is 6.92 Å². The van der Waals surface area contributed by atoms with Crippen LogP contribution in [0, 0.1) is 6.92 Å². The standard InChI is InChI=1S/C25H16Cl2N4O3/c1-15-20(24(33)31(28-15)19-10-6-8-17(27)14-19)21-22(29-11-3-2-4-12-29)25(34)30(23(21)32)18-9-5-7-16(26)13-18/h2-14H,1H3. The first-order chi connectivity index (χ1) is 16.4. The van der Waals surface area contributed by atoms with Gasteiger partial charge in [-0.15, -0.1) is 0 Å². The number of anilines is 1. The van der Waals surface area contributed by atoms with Gasteiger partial charge in [-0.05, 0) is 49.2 Å². The van der Waals surface area contributed by atoms with Crippen LogP contribution in [0.4, 0.5) is 5.69 Å². The second kappa shape index (κ2) is 8.44. The summed E-state index contributed by atoms with van der Waals surface area (Å²) in [6, 6.07) is 18.3. The molecule has 3 heterocycles. The lowest BCUT2D eigenvalue weighted by molar-refractivity contribution is -0.576. The molecule has 7 nitrogen and oxygen atoms in total. The molecule has 168 valence electrons. The smallest absolute Gasteiger partial charge is 0.331 e. The molecule has 0 radical (unpaired) electrons. The maximum absolute atomic E-state index is 13.7. The molecule has 2 amide bonds. The number of halogens is 2. The molecule has 1 aliphatic heterocycles. The molecule has 34 heavy (non-hydrogen) atoms. The van der Waals surface area contributed by atoms with E-state index in [4.69, 9.17) is 23.2 Å². The Morgan fingerprint density at radius 2 is 1.47 bits per heavy atom. The van der Waals surface area contributed by atoms with Crippen LogP contribution in [0.5, 0.6) is 5.88 Å². The molecule has 2 aromatic heterocycles. The van der Waals surface area contributed by atoms with E-state index >= 15 is 0 Å². The summed E-state index contributed by atoms with van der Waals surface area (Å²) in [5.41, 5.74) is 1.13. The molecule has 0 N–H and O–H groups in total. The average Bonchev–Trinajstić information content (AvgIpc) is 3.25. The summed E-state index contributed by atoms with van der Waals surface area (Å²) < 4.78 is 2.70. The maximum Gasteiger partial charge on any atom is 0.331 e. The van der Waals surface area contributed by atoms with Crippen molar-refractivity contribution in [3.05, 3.63) is 100 Å². The van der Waals surface area contributed by atoms with Crippen LogP contribution in [0.3, 0.4) is 0 Å². The Bertz CT molecular complexity index is 1500.